The fourth-order valence-electron chi connectivity index (χ4n) is 4.22. The van der Waals surface area contributed by atoms with E-state index < -0.39 is 0 Å². The molecule has 1 aliphatic rings. The Balaban J connectivity index is 1.77. The van der Waals surface area contributed by atoms with Crippen molar-refractivity contribution in [2.45, 2.75) is 50.5 Å². The van der Waals surface area contributed by atoms with Gasteiger partial charge < -0.3 is 4.57 Å². The summed E-state index contributed by atoms with van der Waals surface area (Å²) >= 11 is 6.57. The first kappa shape index (κ1) is 17.4. The topological polar surface area (TPSA) is 17.8 Å². The molecule has 1 aliphatic carbocycles. The quantitative estimate of drug-likeness (QED) is 0.524. The third kappa shape index (κ3) is 3.31. The zero-order valence-corrected chi connectivity index (χ0v) is 16.0. The van der Waals surface area contributed by atoms with Crippen LogP contribution in [0.4, 0.5) is 0 Å². The molecule has 4 rings (SSSR count). The summed E-state index contributed by atoms with van der Waals surface area (Å²) in [6, 6.07) is 18.7. The minimum absolute atomic E-state index is 0.0401. The summed E-state index contributed by atoms with van der Waals surface area (Å²) in [5.74, 6) is 0. The Bertz CT molecular complexity index is 863. The van der Waals surface area contributed by atoms with Crippen molar-refractivity contribution in [2.75, 3.05) is 0 Å². The molecule has 0 radical (unpaired) electrons. The van der Waals surface area contributed by atoms with Gasteiger partial charge in [-0.1, -0.05) is 86.3 Å². The van der Waals surface area contributed by atoms with Crippen LogP contribution in [0.15, 0.2) is 67.1 Å². The third-order valence-corrected chi connectivity index (χ3v) is 6.13. The summed E-state index contributed by atoms with van der Waals surface area (Å²) in [4.78, 5) is 4.83. The van der Waals surface area contributed by atoms with Crippen LogP contribution in [0.25, 0.3) is 0 Å². The van der Waals surface area contributed by atoms with Crippen molar-refractivity contribution < 1.29 is 0 Å². The molecule has 2 aromatic carbocycles. The number of hydrogen-bond donors (Lipinski definition) is 0. The normalized spacial score (nSPS) is 17.8. The highest BCUT2D eigenvalue weighted by Crippen LogP contribution is 2.39. The molecule has 0 amide bonds. The lowest BCUT2D eigenvalue weighted by Gasteiger charge is -2.32. The molecule has 1 unspecified atom stereocenters. The molecule has 2 nitrogen and oxygen atoms in total. The maximum atomic E-state index is 6.57. The highest BCUT2D eigenvalue weighted by atomic mass is 35.5. The predicted octanol–water partition coefficient (Wildman–Crippen LogP) is 6.40. The standard InChI is InChI=1S/C23H25ClN2/c1-23(14-8-3-9-15-23)21-16-26(17-25-21)22(18-10-4-2-5-11-18)19-12-6-7-13-20(19)24/h2,4-7,10-13,16-17,22H,3,8-9,14-15H2,1H3. The van der Waals surface area contributed by atoms with Gasteiger partial charge in [0.15, 0.2) is 0 Å². The van der Waals surface area contributed by atoms with E-state index in [0.29, 0.717) is 0 Å². The maximum absolute atomic E-state index is 6.57. The lowest BCUT2D eigenvalue weighted by molar-refractivity contribution is 0.313. The minimum Gasteiger partial charge on any atom is -0.325 e. The minimum atomic E-state index is 0.0401. The predicted molar refractivity (Wildman–Crippen MR) is 108 cm³/mol. The molecule has 1 saturated carbocycles. The maximum Gasteiger partial charge on any atom is 0.0958 e. The van der Waals surface area contributed by atoms with E-state index in [1.165, 1.54) is 43.4 Å². The van der Waals surface area contributed by atoms with E-state index in [2.05, 4.69) is 60.2 Å². The van der Waals surface area contributed by atoms with Crippen molar-refractivity contribution in [3.63, 3.8) is 0 Å². The van der Waals surface area contributed by atoms with E-state index >= 15 is 0 Å². The van der Waals surface area contributed by atoms with Gasteiger partial charge in [0, 0.05) is 16.6 Å². The molecule has 3 aromatic rings. The average Bonchev–Trinajstić information content (AvgIpc) is 3.16. The van der Waals surface area contributed by atoms with Gasteiger partial charge in [-0.3, -0.25) is 0 Å². The van der Waals surface area contributed by atoms with Crippen LogP contribution in [0, 0.1) is 0 Å². The second-order valence-corrected chi connectivity index (χ2v) is 8.07. The van der Waals surface area contributed by atoms with Crippen LogP contribution in [-0.4, -0.2) is 9.55 Å². The Morgan fingerprint density at radius 2 is 1.65 bits per heavy atom. The monoisotopic (exact) mass is 364 g/mol. The van der Waals surface area contributed by atoms with Crippen molar-refractivity contribution in [3.8, 4) is 0 Å². The number of nitrogens with zero attached hydrogens (tertiary/aromatic N) is 2. The SMILES string of the molecule is CC1(c2cn(C(c3ccccc3)c3ccccc3Cl)cn2)CCCCC1. The Morgan fingerprint density at radius 1 is 0.962 bits per heavy atom. The number of imidazole rings is 1. The van der Waals surface area contributed by atoms with Crippen molar-refractivity contribution >= 4 is 11.6 Å². The van der Waals surface area contributed by atoms with E-state index in [-0.39, 0.29) is 11.5 Å². The first-order valence-corrected chi connectivity index (χ1v) is 9.88. The van der Waals surface area contributed by atoms with E-state index in [9.17, 15) is 0 Å². The molecule has 3 heteroatoms. The number of benzene rings is 2. The van der Waals surface area contributed by atoms with Gasteiger partial charge in [-0.05, 0) is 30.0 Å². The van der Waals surface area contributed by atoms with Gasteiger partial charge in [0.05, 0.1) is 18.1 Å². The van der Waals surface area contributed by atoms with Crippen molar-refractivity contribution in [1.29, 1.82) is 0 Å². The number of rotatable bonds is 4. The Morgan fingerprint density at radius 3 is 2.38 bits per heavy atom. The highest BCUT2D eigenvalue weighted by molar-refractivity contribution is 6.31. The Labute approximate surface area is 160 Å². The van der Waals surface area contributed by atoms with E-state index in [0.717, 1.165) is 10.6 Å². The van der Waals surface area contributed by atoms with Crippen molar-refractivity contribution in [3.05, 3.63) is 89.0 Å². The zero-order valence-electron chi connectivity index (χ0n) is 15.2. The van der Waals surface area contributed by atoms with Crippen LogP contribution in [-0.2, 0) is 5.41 Å². The molecule has 0 aliphatic heterocycles. The molecule has 1 aromatic heterocycles. The third-order valence-electron chi connectivity index (χ3n) is 5.79. The summed E-state index contributed by atoms with van der Waals surface area (Å²) in [7, 11) is 0. The molecule has 26 heavy (non-hydrogen) atoms. The number of hydrogen-bond acceptors (Lipinski definition) is 1. The highest BCUT2D eigenvalue weighted by Gasteiger charge is 2.31. The smallest absolute Gasteiger partial charge is 0.0958 e. The van der Waals surface area contributed by atoms with E-state index in [1.54, 1.807) is 0 Å². The molecule has 0 bridgehead atoms. The van der Waals surface area contributed by atoms with Crippen LogP contribution in [0.1, 0.15) is 61.9 Å². The van der Waals surface area contributed by atoms with Crippen LogP contribution in [0.3, 0.4) is 0 Å². The molecule has 0 N–H and O–H groups in total. The van der Waals surface area contributed by atoms with Crippen LogP contribution in [0.2, 0.25) is 5.02 Å². The molecular weight excluding hydrogens is 340 g/mol. The van der Waals surface area contributed by atoms with Gasteiger partial charge in [0.1, 0.15) is 0 Å². The first-order valence-electron chi connectivity index (χ1n) is 9.51. The van der Waals surface area contributed by atoms with Gasteiger partial charge in [-0.2, -0.15) is 0 Å². The summed E-state index contributed by atoms with van der Waals surface area (Å²) in [5, 5.41) is 0.792. The molecule has 1 atom stereocenters. The lowest BCUT2D eigenvalue weighted by atomic mass is 9.74. The largest absolute Gasteiger partial charge is 0.325 e. The fraction of sp³-hybridized carbons (Fsp3) is 0.348. The number of halogens is 1. The molecular formula is C23H25ClN2. The van der Waals surface area contributed by atoms with Crippen LogP contribution < -0.4 is 0 Å². The zero-order chi connectivity index (χ0) is 18.0. The summed E-state index contributed by atoms with van der Waals surface area (Å²) < 4.78 is 2.23. The van der Waals surface area contributed by atoms with Crippen molar-refractivity contribution in [1.82, 2.24) is 9.55 Å². The van der Waals surface area contributed by atoms with Crippen LogP contribution in [0.5, 0.6) is 0 Å². The van der Waals surface area contributed by atoms with Gasteiger partial charge in [0.25, 0.3) is 0 Å². The molecule has 1 fully saturated rings. The fourth-order valence-corrected chi connectivity index (χ4v) is 4.46. The van der Waals surface area contributed by atoms with Gasteiger partial charge >= 0.3 is 0 Å². The lowest BCUT2D eigenvalue weighted by Crippen LogP contribution is -2.25. The van der Waals surface area contributed by atoms with Gasteiger partial charge in [-0.15, -0.1) is 0 Å². The Kier molecular flexibility index (Phi) is 4.86. The molecule has 0 saturated heterocycles. The first-order chi connectivity index (χ1) is 12.7. The van der Waals surface area contributed by atoms with E-state index in [4.69, 9.17) is 16.6 Å². The summed E-state index contributed by atoms with van der Waals surface area (Å²) in [6.45, 7) is 2.37. The van der Waals surface area contributed by atoms with Gasteiger partial charge in [-0.25, -0.2) is 4.98 Å². The van der Waals surface area contributed by atoms with E-state index in [1.807, 2.05) is 18.5 Å². The molecule has 0 spiro atoms. The Hall–Kier alpha value is -2.06. The number of aromatic nitrogens is 2. The average molecular weight is 365 g/mol. The summed E-state index contributed by atoms with van der Waals surface area (Å²) in [5.41, 5.74) is 3.74. The second-order valence-electron chi connectivity index (χ2n) is 7.66. The summed E-state index contributed by atoms with van der Waals surface area (Å²) in [6.07, 6.45) is 10.6. The van der Waals surface area contributed by atoms with Crippen molar-refractivity contribution in [2.24, 2.45) is 0 Å². The molecule has 134 valence electrons. The van der Waals surface area contributed by atoms with Crippen LogP contribution >= 0.6 is 11.6 Å². The van der Waals surface area contributed by atoms with Gasteiger partial charge in [0.2, 0.25) is 0 Å². The molecule has 1 heterocycles. The second kappa shape index (κ2) is 7.28.